The van der Waals surface area contributed by atoms with Crippen molar-refractivity contribution in [2.75, 3.05) is 0 Å². The molecule has 0 aliphatic rings. The highest BCUT2D eigenvalue weighted by Gasteiger charge is 1.95. The van der Waals surface area contributed by atoms with Gasteiger partial charge in [-0.2, -0.15) is 0 Å². The van der Waals surface area contributed by atoms with E-state index in [-0.39, 0.29) is 0 Å². The summed E-state index contributed by atoms with van der Waals surface area (Å²) >= 11 is 4.24. The van der Waals surface area contributed by atoms with Crippen LogP contribution in [0.4, 0.5) is 0 Å². The van der Waals surface area contributed by atoms with Gasteiger partial charge in [0.05, 0.1) is 0 Å². The molecule has 0 aromatic heterocycles. The summed E-state index contributed by atoms with van der Waals surface area (Å²) in [7, 11) is 0. The van der Waals surface area contributed by atoms with Gasteiger partial charge in [-0.05, 0) is 49.9 Å². The fraction of sp³-hybridized carbons (Fsp3) is 0.400. The molecule has 1 aromatic carbocycles. The van der Waals surface area contributed by atoms with Crippen LogP contribution in [0, 0.1) is 27.7 Å². The van der Waals surface area contributed by atoms with Gasteiger partial charge in [0.2, 0.25) is 0 Å². The summed E-state index contributed by atoms with van der Waals surface area (Å²) in [6, 6.07) is 4.48. The Morgan fingerprint density at radius 3 is 1.00 bits per heavy atom. The number of rotatable bonds is 0. The number of aryl methyl sites for hydroxylation is 4. The van der Waals surface area contributed by atoms with E-state index in [1.807, 2.05) is 0 Å². The summed E-state index contributed by atoms with van der Waals surface area (Å²) in [5.74, 6) is 0. The van der Waals surface area contributed by atoms with Gasteiger partial charge in [0.15, 0.2) is 0 Å². The highest BCUT2D eigenvalue weighted by atomic mass is 128. The van der Waals surface area contributed by atoms with Crippen molar-refractivity contribution >= 4 is 37.2 Å². The highest BCUT2D eigenvalue weighted by Crippen LogP contribution is 2.13. The Bertz CT molecular complexity index is 204. The zero-order chi connectivity index (χ0) is 9.72. The van der Waals surface area contributed by atoms with Gasteiger partial charge < -0.3 is 0 Å². The lowest BCUT2D eigenvalue weighted by atomic mass is 10.0. The van der Waals surface area contributed by atoms with Crippen LogP contribution in [0.25, 0.3) is 0 Å². The lowest BCUT2D eigenvalue weighted by molar-refractivity contribution is 1.24. The van der Waals surface area contributed by atoms with Gasteiger partial charge in [0, 0.05) is 37.2 Å². The molecule has 0 nitrogen and oxygen atoms in total. The molecule has 0 unspecified atom stereocenters. The van der Waals surface area contributed by atoms with E-state index in [9.17, 15) is 0 Å². The topological polar surface area (TPSA) is 0 Å². The molecular weight excluding hydrogens is 374 g/mol. The van der Waals surface area contributed by atoms with Crippen molar-refractivity contribution in [1.82, 2.24) is 0 Å². The third kappa shape index (κ3) is 3.60. The number of benzene rings is 1. The second kappa shape index (κ2) is 6.18. The average molecular weight is 388 g/mol. The first kappa shape index (κ1) is 12.7. The second-order valence-electron chi connectivity index (χ2n) is 3.02. The van der Waals surface area contributed by atoms with Crippen LogP contribution >= 0.6 is 37.2 Å². The van der Waals surface area contributed by atoms with E-state index in [0.717, 1.165) is 0 Å². The predicted octanol–water partition coefficient (Wildman–Crippen LogP) is 4.69. The van der Waals surface area contributed by atoms with Crippen molar-refractivity contribution in [3.63, 3.8) is 0 Å². The number of halogens is 2. The maximum Gasteiger partial charge on any atom is 0 e. The lowest BCUT2D eigenvalue weighted by Crippen LogP contribution is -1.86. The van der Waals surface area contributed by atoms with Gasteiger partial charge in [0.1, 0.15) is 0 Å². The van der Waals surface area contributed by atoms with Crippen LogP contribution in [0.1, 0.15) is 22.3 Å². The molecule has 0 aliphatic heterocycles. The molecule has 0 radical (unpaired) electrons. The Morgan fingerprint density at radius 2 is 0.833 bits per heavy atom. The molecule has 0 aliphatic carbocycles. The summed E-state index contributed by atoms with van der Waals surface area (Å²) < 4.78 is 0. The van der Waals surface area contributed by atoms with Gasteiger partial charge in [-0.3, -0.25) is 0 Å². The molecule has 0 bridgehead atoms. The third-order valence-electron chi connectivity index (χ3n) is 2.11. The lowest BCUT2D eigenvalue weighted by Gasteiger charge is -2.04. The molecule has 0 atom stereocenters. The summed E-state index contributed by atoms with van der Waals surface area (Å²) in [6.45, 7) is 8.62. The van der Waals surface area contributed by atoms with Crippen molar-refractivity contribution < 1.29 is 0 Å². The molecule has 0 saturated heterocycles. The Morgan fingerprint density at radius 1 is 0.667 bits per heavy atom. The van der Waals surface area contributed by atoms with E-state index in [1.54, 1.807) is 0 Å². The van der Waals surface area contributed by atoms with Gasteiger partial charge >= 0.3 is 0 Å². The first-order valence-electron chi connectivity index (χ1n) is 3.80. The minimum absolute atomic E-state index is 1.39. The number of hydrogen-bond donors (Lipinski definition) is 0. The second-order valence-corrected chi connectivity index (χ2v) is 3.02. The molecule has 0 N–H and O–H groups in total. The molecule has 0 spiro atoms. The largest absolute Gasteiger partial charge is 0.0559 e. The van der Waals surface area contributed by atoms with Crippen LogP contribution < -0.4 is 0 Å². The molecule has 12 heavy (non-hydrogen) atoms. The van der Waals surface area contributed by atoms with Crippen LogP contribution in [0.15, 0.2) is 12.1 Å². The Hall–Kier alpha value is 0.680. The molecule has 0 fully saturated rings. The molecule has 0 amide bonds. The van der Waals surface area contributed by atoms with Crippen LogP contribution in [0.2, 0.25) is 0 Å². The van der Waals surface area contributed by atoms with Crippen LogP contribution in [-0.4, -0.2) is 0 Å². The van der Waals surface area contributed by atoms with Crippen molar-refractivity contribution in [3.8, 4) is 0 Å². The first-order valence-corrected chi connectivity index (χ1v) is 10.1. The average Bonchev–Trinajstić information content (AvgIpc) is 2.05. The van der Waals surface area contributed by atoms with Gasteiger partial charge in [-0.15, -0.1) is 0 Å². The highest BCUT2D eigenvalue weighted by molar-refractivity contribution is 15.0. The zero-order valence-corrected chi connectivity index (χ0v) is 12.2. The summed E-state index contributed by atoms with van der Waals surface area (Å²) in [4.78, 5) is 0. The fourth-order valence-electron chi connectivity index (χ4n) is 1.10. The minimum Gasteiger partial charge on any atom is -0.0559 e. The molecule has 0 saturated carbocycles. The monoisotopic (exact) mass is 388 g/mol. The SMILES string of the molecule is Cc1cc(C)c(C)cc1C.II. The van der Waals surface area contributed by atoms with Crippen molar-refractivity contribution in [2.24, 2.45) is 0 Å². The van der Waals surface area contributed by atoms with E-state index >= 15 is 0 Å². The zero-order valence-electron chi connectivity index (χ0n) is 7.91. The number of hydrogen-bond acceptors (Lipinski definition) is 0. The predicted molar refractivity (Wildman–Crippen MR) is 73.4 cm³/mol. The van der Waals surface area contributed by atoms with E-state index < -0.39 is 0 Å². The Balaban J connectivity index is 0.000000561. The quantitative estimate of drug-likeness (QED) is 0.566. The molecule has 1 rings (SSSR count). The van der Waals surface area contributed by atoms with Crippen molar-refractivity contribution in [3.05, 3.63) is 34.4 Å². The molecule has 1 aromatic rings. The first-order chi connectivity index (χ1) is 5.61. The van der Waals surface area contributed by atoms with E-state index in [0.29, 0.717) is 0 Å². The van der Waals surface area contributed by atoms with Gasteiger partial charge in [0.25, 0.3) is 0 Å². The summed E-state index contributed by atoms with van der Waals surface area (Å²) in [5.41, 5.74) is 5.57. The van der Waals surface area contributed by atoms with E-state index in [2.05, 4.69) is 77.1 Å². The van der Waals surface area contributed by atoms with Crippen LogP contribution in [0.3, 0.4) is 0 Å². The van der Waals surface area contributed by atoms with Gasteiger partial charge in [-0.25, -0.2) is 0 Å². The maximum atomic E-state index is 2.24. The van der Waals surface area contributed by atoms with E-state index in [1.165, 1.54) is 22.3 Å². The normalized spacial score (nSPS) is 8.83. The van der Waals surface area contributed by atoms with Crippen molar-refractivity contribution in [1.29, 1.82) is 0 Å². The molecular formula is C10H14I2. The van der Waals surface area contributed by atoms with E-state index in [4.69, 9.17) is 0 Å². The fourth-order valence-corrected chi connectivity index (χ4v) is 1.10. The Kier molecular flexibility index (Phi) is 6.53. The summed E-state index contributed by atoms with van der Waals surface area (Å²) in [5, 5.41) is 0. The third-order valence-corrected chi connectivity index (χ3v) is 2.11. The van der Waals surface area contributed by atoms with Crippen LogP contribution in [0.5, 0.6) is 0 Å². The molecule has 0 heterocycles. The van der Waals surface area contributed by atoms with Gasteiger partial charge in [-0.1, -0.05) is 12.1 Å². The maximum absolute atomic E-state index is 2.24. The van der Waals surface area contributed by atoms with Crippen molar-refractivity contribution in [2.45, 2.75) is 27.7 Å². The summed E-state index contributed by atoms with van der Waals surface area (Å²) in [6.07, 6.45) is 0. The Labute approximate surface area is 98.5 Å². The molecule has 2 heteroatoms. The molecule has 68 valence electrons. The van der Waals surface area contributed by atoms with Crippen LogP contribution in [-0.2, 0) is 0 Å². The minimum atomic E-state index is 1.39. The smallest absolute Gasteiger partial charge is 0 e. The standard InChI is InChI=1S/C10H14.I2/c1-7-5-9(3)10(4)6-8(7)2;1-2/h5-6H,1-4H3;.